The summed E-state index contributed by atoms with van der Waals surface area (Å²) < 4.78 is 5.48. The summed E-state index contributed by atoms with van der Waals surface area (Å²) in [6.45, 7) is 1.65. The molecule has 0 heterocycles. The van der Waals surface area contributed by atoms with Crippen LogP contribution >= 0.6 is 11.8 Å². The van der Waals surface area contributed by atoms with E-state index in [2.05, 4.69) is 10.6 Å². The van der Waals surface area contributed by atoms with E-state index in [1.165, 1.54) is 11.8 Å². The average molecular weight is 487 g/mol. The van der Waals surface area contributed by atoms with Gasteiger partial charge in [0.25, 0.3) is 0 Å². The van der Waals surface area contributed by atoms with Gasteiger partial charge in [-0.25, -0.2) is 4.79 Å². The van der Waals surface area contributed by atoms with Gasteiger partial charge in [-0.15, -0.1) is 0 Å². The van der Waals surface area contributed by atoms with E-state index in [9.17, 15) is 19.5 Å². The number of carbonyl (C=O) groups excluding carboxylic acids is 2. The first kappa shape index (κ1) is 25.6. The topological polar surface area (TPSA) is 125 Å². The van der Waals surface area contributed by atoms with Crippen molar-refractivity contribution in [3.05, 3.63) is 59.7 Å². The summed E-state index contributed by atoms with van der Waals surface area (Å²) in [6, 6.07) is 14.8. The van der Waals surface area contributed by atoms with E-state index in [1.54, 1.807) is 6.92 Å². The second kappa shape index (κ2) is 11.4. The zero-order valence-corrected chi connectivity index (χ0v) is 20.1. The maximum Gasteiger partial charge on any atom is 0.407 e. The number of hydrogen-bond donors (Lipinski definition) is 4. The molecule has 0 bridgehead atoms. The Bertz CT molecular complexity index is 996. The fraction of sp³-hybridized carbons (Fsp3) is 0.400. The Hall–Kier alpha value is -3.04. The van der Waals surface area contributed by atoms with Gasteiger partial charge >= 0.3 is 12.1 Å². The number of carbonyl (C=O) groups is 3. The van der Waals surface area contributed by atoms with Gasteiger partial charge in [0.15, 0.2) is 0 Å². The lowest BCUT2D eigenvalue weighted by Crippen LogP contribution is -2.51. The molecule has 2 unspecified atom stereocenters. The molecule has 9 heteroatoms. The molecule has 4 N–H and O–H groups in total. The Morgan fingerprint density at radius 3 is 2.24 bits per heavy atom. The Balaban J connectivity index is 1.63. The summed E-state index contributed by atoms with van der Waals surface area (Å²) in [6.07, 6.45) is 0.632. The summed E-state index contributed by atoms with van der Waals surface area (Å²) in [4.78, 5) is 36.2. The highest BCUT2D eigenvalue weighted by Gasteiger charge is 2.30. The predicted octanol–water partition coefficient (Wildman–Crippen LogP) is 2.99. The fourth-order valence-corrected chi connectivity index (χ4v) is 4.81. The standard InChI is InChI=1S/C25H30N2O6S/c1-25(32,15-34-2)14-26-23(30)21(11-12-22(28)29)27-24(31)33-13-20-18-9-5-3-7-16(18)17-8-4-6-10-19(17)20/h3-10,20-21,32H,11-15H2,1-2H3,(H,26,30)(H,27,31)(H,28,29). The zero-order valence-electron chi connectivity index (χ0n) is 19.2. The largest absolute Gasteiger partial charge is 0.481 e. The van der Waals surface area contributed by atoms with Crippen LogP contribution in [0.5, 0.6) is 0 Å². The fourth-order valence-electron chi connectivity index (χ4n) is 4.08. The van der Waals surface area contributed by atoms with Crippen LogP contribution in [0.25, 0.3) is 11.1 Å². The summed E-state index contributed by atoms with van der Waals surface area (Å²) in [5, 5.41) is 24.4. The van der Waals surface area contributed by atoms with Crippen molar-refractivity contribution in [2.75, 3.05) is 25.2 Å². The number of ether oxygens (including phenoxy) is 1. The molecule has 2 atom stereocenters. The highest BCUT2D eigenvalue weighted by molar-refractivity contribution is 7.98. The predicted molar refractivity (Wildman–Crippen MR) is 131 cm³/mol. The van der Waals surface area contributed by atoms with Crippen LogP contribution < -0.4 is 10.6 Å². The molecule has 0 aromatic heterocycles. The minimum atomic E-state index is -1.13. The first-order valence-corrected chi connectivity index (χ1v) is 12.4. The number of thioether (sulfide) groups is 1. The molecule has 0 saturated heterocycles. The van der Waals surface area contributed by atoms with Gasteiger partial charge in [0, 0.05) is 24.6 Å². The van der Waals surface area contributed by atoms with Crippen molar-refractivity contribution in [2.24, 2.45) is 0 Å². The molecule has 0 radical (unpaired) electrons. The van der Waals surface area contributed by atoms with Crippen LogP contribution in [0.3, 0.4) is 0 Å². The Morgan fingerprint density at radius 1 is 1.09 bits per heavy atom. The molecule has 0 spiro atoms. The van der Waals surface area contributed by atoms with Gasteiger partial charge in [-0.05, 0) is 41.9 Å². The maximum absolute atomic E-state index is 12.6. The van der Waals surface area contributed by atoms with Gasteiger partial charge in [0.2, 0.25) is 5.91 Å². The summed E-state index contributed by atoms with van der Waals surface area (Å²) in [5.74, 6) is -1.38. The highest BCUT2D eigenvalue weighted by Crippen LogP contribution is 2.44. The number of fused-ring (bicyclic) bond motifs is 3. The molecule has 0 saturated carbocycles. The van der Waals surface area contributed by atoms with Crippen LogP contribution in [0.2, 0.25) is 0 Å². The molecule has 2 aromatic rings. The molecule has 34 heavy (non-hydrogen) atoms. The first-order valence-electron chi connectivity index (χ1n) is 11.0. The Labute approximate surface area is 203 Å². The molecule has 182 valence electrons. The number of rotatable bonds is 11. The molecular weight excluding hydrogens is 456 g/mol. The highest BCUT2D eigenvalue weighted by atomic mass is 32.2. The number of carboxylic acid groups (broad SMARTS) is 1. The zero-order chi connectivity index (χ0) is 24.7. The number of aliphatic hydroxyl groups is 1. The van der Waals surface area contributed by atoms with Gasteiger partial charge < -0.3 is 25.6 Å². The summed E-state index contributed by atoms with van der Waals surface area (Å²) in [5.41, 5.74) is 3.20. The lowest BCUT2D eigenvalue weighted by atomic mass is 9.98. The first-order chi connectivity index (χ1) is 16.2. The van der Waals surface area contributed by atoms with Crippen molar-refractivity contribution in [3.63, 3.8) is 0 Å². The smallest absolute Gasteiger partial charge is 0.407 e. The van der Waals surface area contributed by atoms with Gasteiger partial charge in [0.1, 0.15) is 12.6 Å². The molecule has 8 nitrogen and oxygen atoms in total. The van der Waals surface area contributed by atoms with Gasteiger partial charge in [-0.1, -0.05) is 48.5 Å². The quantitative estimate of drug-likeness (QED) is 0.385. The van der Waals surface area contributed by atoms with Crippen molar-refractivity contribution < 1.29 is 29.3 Å². The van der Waals surface area contributed by atoms with E-state index >= 15 is 0 Å². The number of alkyl carbamates (subject to hydrolysis) is 1. The van der Waals surface area contributed by atoms with Crippen LogP contribution in [-0.4, -0.2) is 65.0 Å². The van der Waals surface area contributed by atoms with Crippen molar-refractivity contribution in [2.45, 2.75) is 37.3 Å². The molecule has 2 amide bonds. The number of aliphatic carboxylic acids is 1. The molecular formula is C25H30N2O6S. The van der Waals surface area contributed by atoms with E-state index < -0.39 is 29.6 Å². The summed E-state index contributed by atoms with van der Waals surface area (Å²) in [7, 11) is 0. The molecule has 0 aliphatic heterocycles. The van der Waals surface area contributed by atoms with E-state index in [1.807, 2.05) is 54.8 Å². The van der Waals surface area contributed by atoms with Crippen LogP contribution in [0.1, 0.15) is 36.8 Å². The number of carboxylic acids is 1. The molecule has 2 aromatic carbocycles. The third-order valence-corrected chi connectivity index (χ3v) is 6.61. The minimum Gasteiger partial charge on any atom is -0.481 e. The second-order valence-electron chi connectivity index (χ2n) is 8.60. The number of hydrogen-bond acceptors (Lipinski definition) is 6. The summed E-state index contributed by atoms with van der Waals surface area (Å²) >= 11 is 1.43. The van der Waals surface area contributed by atoms with Crippen LogP contribution in [0, 0.1) is 0 Å². The Kier molecular flexibility index (Phi) is 8.57. The SMILES string of the molecule is CSCC(C)(O)CNC(=O)C(CCC(=O)O)NC(=O)OCC1c2ccccc2-c2ccccc21. The number of amides is 2. The number of nitrogens with one attached hydrogen (secondary N) is 2. The van der Waals surface area contributed by atoms with Gasteiger partial charge in [-0.2, -0.15) is 11.8 Å². The third-order valence-electron chi connectivity index (χ3n) is 5.70. The lowest BCUT2D eigenvalue weighted by Gasteiger charge is -2.25. The van der Waals surface area contributed by atoms with E-state index in [-0.39, 0.29) is 31.9 Å². The maximum atomic E-state index is 12.6. The van der Waals surface area contributed by atoms with E-state index in [0.29, 0.717) is 5.75 Å². The van der Waals surface area contributed by atoms with Gasteiger partial charge in [0.05, 0.1) is 5.60 Å². The van der Waals surface area contributed by atoms with Crippen LogP contribution in [0.15, 0.2) is 48.5 Å². The molecule has 3 rings (SSSR count). The van der Waals surface area contributed by atoms with E-state index in [4.69, 9.17) is 9.84 Å². The van der Waals surface area contributed by atoms with Gasteiger partial charge in [-0.3, -0.25) is 9.59 Å². The monoisotopic (exact) mass is 486 g/mol. The van der Waals surface area contributed by atoms with Crippen molar-refractivity contribution >= 4 is 29.7 Å². The lowest BCUT2D eigenvalue weighted by molar-refractivity contribution is -0.137. The third kappa shape index (κ3) is 6.51. The van der Waals surface area contributed by atoms with Crippen LogP contribution in [0.4, 0.5) is 4.79 Å². The van der Waals surface area contributed by atoms with E-state index in [0.717, 1.165) is 22.3 Å². The van der Waals surface area contributed by atoms with Crippen molar-refractivity contribution in [1.82, 2.24) is 10.6 Å². The van der Waals surface area contributed by atoms with Crippen LogP contribution in [-0.2, 0) is 14.3 Å². The molecule has 1 aliphatic carbocycles. The van der Waals surface area contributed by atoms with Crippen molar-refractivity contribution in [1.29, 1.82) is 0 Å². The molecule has 0 fully saturated rings. The normalized spacial score (nSPS) is 14.9. The van der Waals surface area contributed by atoms with Crippen molar-refractivity contribution in [3.8, 4) is 11.1 Å². The molecule has 1 aliphatic rings. The Morgan fingerprint density at radius 2 is 1.68 bits per heavy atom. The second-order valence-corrected chi connectivity index (χ2v) is 9.47. The minimum absolute atomic E-state index is 0.0252. The number of benzene rings is 2. The average Bonchev–Trinajstić information content (AvgIpc) is 3.12.